The normalized spacial score (nSPS) is 15.1. The van der Waals surface area contributed by atoms with Crippen LogP contribution in [0.5, 0.6) is 0 Å². The summed E-state index contributed by atoms with van der Waals surface area (Å²) < 4.78 is 60.9. The highest BCUT2D eigenvalue weighted by Gasteiger charge is 2.29. The highest BCUT2D eigenvalue weighted by molar-refractivity contribution is 7.47. The van der Waals surface area contributed by atoms with Crippen molar-refractivity contribution in [2.24, 2.45) is 0 Å². The van der Waals surface area contributed by atoms with Gasteiger partial charge in [-0.25, -0.2) is 9.13 Å². The van der Waals surface area contributed by atoms with Gasteiger partial charge >= 0.3 is 33.6 Å². The average molecular weight is 1370 g/mol. The van der Waals surface area contributed by atoms with Crippen LogP contribution < -0.4 is 0 Å². The molecule has 5 unspecified atom stereocenters. The third-order valence-electron chi connectivity index (χ3n) is 13.9. The summed E-state index contributed by atoms with van der Waals surface area (Å²) in [5.41, 5.74) is 0. The van der Waals surface area contributed by atoms with Crippen LogP contribution in [0, 0.1) is 0 Å². The number of rotatable bonds is 65. The summed E-state index contributed by atoms with van der Waals surface area (Å²) in [6.07, 6.45) is 85.4. The lowest BCUT2D eigenvalue weighted by molar-refractivity contribution is -0.161. The van der Waals surface area contributed by atoms with E-state index in [9.17, 15) is 43.5 Å². The fraction of sp³-hybridized carbons (Fsp3) is 0.597. The quantitative estimate of drug-likeness (QED) is 0.0146. The number of hydrogen-bond donors (Lipinski definition) is 4. The van der Waals surface area contributed by atoms with Crippen molar-refractivity contribution in [1.82, 2.24) is 0 Å². The molecule has 0 aliphatic heterocycles. The van der Waals surface area contributed by atoms with Crippen LogP contribution in [0.2, 0.25) is 0 Å². The highest BCUT2D eigenvalue weighted by Crippen LogP contribution is 2.45. The van der Waals surface area contributed by atoms with Gasteiger partial charge in [0.15, 0.2) is 6.10 Å². The van der Waals surface area contributed by atoms with Gasteiger partial charge in [-0.15, -0.1) is 0 Å². The molecule has 538 valence electrons. The van der Waals surface area contributed by atoms with Crippen molar-refractivity contribution in [2.75, 3.05) is 39.6 Å². The molecule has 5 atom stereocenters. The molecule has 0 aliphatic carbocycles. The van der Waals surface area contributed by atoms with Crippen LogP contribution in [0.15, 0.2) is 170 Å². The number of carbonyl (C=O) groups is 3. The first kappa shape index (κ1) is 89.9. The van der Waals surface area contributed by atoms with Gasteiger partial charge in [0, 0.05) is 19.3 Å². The number of phosphoric acid groups is 2. The van der Waals surface area contributed by atoms with Crippen LogP contribution in [-0.4, -0.2) is 95.9 Å². The smallest absolute Gasteiger partial charge is 0.463 e. The number of hydrogen-bond acceptors (Lipinski definition) is 14. The lowest BCUT2D eigenvalue weighted by atomic mass is 10.1. The van der Waals surface area contributed by atoms with E-state index in [-0.39, 0.29) is 19.3 Å². The van der Waals surface area contributed by atoms with Crippen molar-refractivity contribution in [3.05, 3.63) is 170 Å². The monoisotopic (exact) mass is 1370 g/mol. The molecule has 4 N–H and O–H groups in total. The maximum absolute atomic E-state index is 13.0. The predicted molar refractivity (Wildman–Crippen MR) is 389 cm³/mol. The Morgan fingerprint density at radius 3 is 0.853 bits per heavy atom. The SMILES string of the molecule is CC/C=C\C/C=C\C/C=C\C/C=C\C/C=C\C/C=C\CCCCC(=O)OCC(O)COP(=O)(O)OCC(O)COP(=O)(O)OCC(COC(=O)CCCCCCC/C=C\C/C=C\C/C=C\C/C=C\C/C=C\CC)OC(=O)CCCCCCCCC/C=C\C/C=C\C/C=C\CC. The number of allylic oxidation sites excluding steroid dienone is 28. The van der Waals surface area contributed by atoms with Crippen LogP contribution in [0.3, 0.4) is 0 Å². The van der Waals surface area contributed by atoms with E-state index in [1.165, 1.54) is 0 Å². The Hall–Kier alpha value is -5.09. The number of carbonyl (C=O) groups excluding carboxylic acids is 3. The molecule has 0 saturated carbocycles. The molecular weight excluding hydrogens is 1240 g/mol. The third-order valence-corrected chi connectivity index (χ3v) is 15.8. The Bertz CT molecular complexity index is 2410. The fourth-order valence-electron chi connectivity index (χ4n) is 8.61. The van der Waals surface area contributed by atoms with Gasteiger partial charge in [-0.2, -0.15) is 0 Å². The second-order valence-electron chi connectivity index (χ2n) is 22.9. The molecule has 0 aromatic carbocycles. The van der Waals surface area contributed by atoms with Crippen LogP contribution in [0.25, 0.3) is 0 Å². The molecule has 0 rings (SSSR count). The van der Waals surface area contributed by atoms with Crippen molar-refractivity contribution in [2.45, 2.75) is 257 Å². The molecule has 0 fully saturated rings. The standard InChI is InChI=1S/C77H124O16P2/c1-4-7-10-13-16-19-22-25-28-31-33-35-37-40-42-45-48-51-54-57-60-63-75(80)87-66-72(78)67-89-94(83,84)90-68-73(79)69-91-95(85,86)92-71-74(93-77(82)65-62-59-56-53-50-47-44-39-30-27-24-21-18-15-12-9-6-3)70-88-76(81)64-61-58-55-52-49-46-43-41-38-36-34-32-29-26-23-20-17-14-11-8-5-2/h7-12,16-21,25-30,33-36,40-43,48,51,72-74,78-79H,4-6,13-15,22-24,31-32,37-39,44-47,49-50,52-71H2,1-3H3,(H,83,84)(H,85,86)/b10-7-,11-8-,12-9-,19-16-,20-17-,21-18-,28-25-,29-26-,30-27-,35-33-,36-34-,42-40-,43-41-,51-48-. The first-order valence-electron chi connectivity index (χ1n) is 35.4. The van der Waals surface area contributed by atoms with Gasteiger partial charge in [0.2, 0.25) is 0 Å². The lowest BCUT2D eigenvalue weighted by Gasteiger charge is -2.21. The number of unbranched alkanes of at least 4 members (excludes halogenated alkanes) is 14. The summed E-state index contributed by atoms with van der Waals surface area (Å²) in [5, 5.41) is 20.6. The highest BCUT2D eigenvalue weighted by atomic mass is 31.2. The van der Waals surface area contributed by atoms with E-state index >= 15 is 0 Å². The van der Waals surface area contributed by atoms with Gasteiger partial charge in [-0.1, -0.05) is 242 Å². The molecule has 0 radical (unpaired) electrons. The lowest BCUT2D eigenvalue weighted by Crippen LogP contribution is -2.30. The number of aliphatic hydroxyl groups excluding tert-OH is 2. The van der Waals surface area contributed by atoms with Crippen molar-refractivity contribution >= 4 is 33.6 Å². The van der Waals surface area contributed by atoms with E-state index in [0.717, 1.165) is 180 Å². The molecule has 0 aromatic heterocycles. The summed E-state index contributed by atoms with van der Waals surface area (Å²) >= 11 is 0. The van der Waals surface area contributed by atoms with Crippen molar-refractivity contribution in [3.8, 4) is 0 Å². The molecular formula is C77H124O16P2. The topological polar surface area (TPSA) is 231 Å². The summed E-state index contributed by atoms with van der Waals surface area (Å²) in [5.74, 6) is -1.66. The van der Waals surface area contributed by atoms with Gasteiger partial charge in [-0.05, 0) is 148 Å². The molecule has 0 aromatic rings. The van der Waals surface area contributed by atoms with E-state index in [0.29, 0.717) is 19.3 Å². The van der Waals surface area contributed by atoms with Crippen molar-refractivity contribution in [1.29, 1.82) is 0 Å². The van der Waals surface area contributed by atoms with Gasteiger partial charge in [-0.3, -0.25) is 32.5 Å². The zero-order chi connectivity index (χ0) is 69.5. The minimum Gasteiger partial charge on any atom is -0.463 e. The van der Waals surface area contributed by atoms with Gasteiger partial charge in [0.25, 0.3) is 0 Å². The molecule has 0 saturated heterocycles. The van der Waals surface area contributed by atoms with E-state index in [1.54, 1.807) is 0 Å². The summed E-state index contributed by atoms with van der Waals surface area (Å²) in [4.78, 5) is 58.5. The van der Waals surface area contributed by atoms with Crippen LogP contribution in [0.4, 0.5) is 0 Å². The number of aliphatic hydroxyl groups is 2. The molecule has 0 aliphatic rings. The zero-order valence-corrected chi connectivity index (χ0v) is 60.1. The molecule has 0 amide bonds. The minimum atomic E-state index is -4.95. The number of ether oxygens (including phenoxy) is 3. The second-order valence-corrected chi connectivity index (χ2v) is 25.8. The summed E-state index contributed by atoms with van der Waals surface area (Å²) in [7, 11) is -9.82. The van der Waals surface area contributed by atoms with Crippen molar-refractivity contribution < 1.29 is 75.8 Å². The fourth-order valence-corrected chi connectivity index (χ4v) is 10.2. The van der Waals surface area contributed by atoms with Gasteiger partial charge in [0.1, 0.15) is 25.4 Å². The maximum atomic E-state index is 13.0. The van der Waals surface area contributed by atoms with E-state index in [4.69, 9.17) is 32.3 Å². The van der Waals surface area contributed by atoms with Crippen LogP contribution in [0.1, 0.15) is 239 Å². The number of esters is 3. The Labute approximate surface area is 573 Å². The molecule has 0 bridgehead atoms. The van der Waals surface area contributed by atoms with E-state index in [1.807, 2.05) is 0 Å². The summed E-state index contributed by atoms with van der Waals surface area (Å²) in [6, 6.07) is 0. The molecule has 0 heterocycles. The Morgan fingerprint density at radius 1 is 0.295 bits per heavy atom. The third kappa shape index (κ3) is 70.1. The van der Waals surface area contributed by atoms with E-state index in [2.05, 4.69) is 191 Å². The number of phosphoric ester groups is 2. The molecule has 0 spiro atoms. The maximum Gasteiger partial charge on any atom is 0.472 e. The Kier molecular flexibility index (Phi) is 65.1. The second kappa shape index (κ2) is 68.8. The molecule has 18 heteroatoms. The summed E-state index contributed by atoms with van der Waals surface area (Å²) in [6.45, 7) is 2.22. The zero-order valence-electron chi connectivity index (χ0n) is 58.3. The van der Waals surface area contributed by atoms with Gasteiger partial charge in [0.05, 0.1) is 26.4 Å². The first-order chi connectivity index (χ1) is 46.2. The molecule has 16 nitrogen and oxygen atoms in total. The Morgan fingerprint density at radius 2 is 0.526 bits per heavy atom. The van der Waals surface area contributed by atoms with E-state index < -0.39 is 91.5 Å². The average Bonchev–Trinajstić information content (AvgIpc) is 1.99. The van der Waals surface area contributed by atoms with Gasteiger partial charge < -0.3 is 34.2 Å². The van der Waals surface area contributed by atoms with Crippen molar-refractivity contribution in [3.63, 3.8) is 0 Å². The first-order valence-corrected chi connectivity index (χ1v) is 38.4. The Balaban J connectivity index is 4.78. The molecule has 95 heavy (non-hydrogen) atoms. The van der Waals surface area contributed by atoms with Crippen LogP contribution in [-0.2, 0) is 55.8 Å². The largest absolute Gasteiger partial charge is 0.472 e. The minimum absolute atomic E-state index is 0.0806. The van der Waals surface area contributed by atoms with Crippen LogP contribution >= 0.6 is 15.6 Å². The predicted octanol–water partition coefficient (Wildman–Crippen LogP) is 20.1.